The smallest absolute Gasteiger partial charge is 0.291 e. The molecule has 11 heteroatoms. The summed E-state index contributed by atoms with van der Waals surface area (Å²) >= 11 is 23.3. The Kier molecular flexibility index (Phi) is 5.89. The summed E-state index contributed by atoms with van der Waals surface area (Å²) in [4.78, 5) is 33.7. The summed E-state index contributed by atoms with van der Waals surface area (Å²) < 4.78 is 2.26. The van der Waals surface area contributed by atoms with E-state index in [0.717, 1.165) is 21.4 Å². The Bertz CT molecular complexity index is 1840. The topological polar surface area (TPSA) is 67.6 Å². The summed E-state index contributed by atoms with van der Waals surface area (Å²) in [5.41, 5.74) is 2.61. The highest BCUT2D eigenvalue weighted by Crippen LogP contribution is 2.39. The van der Waals surface area contributed by atoms with Crippen molar-refractivity contribution in [2.45, 2.75) is 6.54 Å². The zero-order valence-corrected chi connectivity index (χ0v) is 22.7. The van der Waals surface area contributed by atoms with Gasteiger partial charge in [0.2, 0.25) is 4.96 Å². The molecule has 3 heterocycles. The maximum absolute atomic E-state index is 13.7. The highest BCUT2D eigenvalue weighted by atomic mass is 79.9. The van der Waals surface area contributed by atoms with Gasteiger partial charge in [0, 0.05) is 25.6 Å². The highest BCUT2D eigenvalue weighted by molar-refractivity contribution is 9.10. The van der Waals surface area contributed by atoms with Crippen molar-refractivity contribution in [3.63, 3.8) is 0 Å². The standard InChI is InChI=1S/C25H12BrCl3N4O2S/c26-13-5-8-19-16(9-13)20(23(34)32(19)11-12-3-1-2-4-17(12)28)21-24(35)33-25(36-21)30-22(31-33)15-7-6-14(27)10-18(15)29/h1-10H,11H2. The summed E-state index contributed by atoms with van der Waals surface area (Å²) in [6.45, 7) is 0.269. The lowest BCUT2D eigenvalue weighted by molar-refractivity contribution is -0.113. The van der Waals surface area contributed by atoms with Gasteiger partial charge in [-0.25, -0.2) is 0 Å². The Balaban J connectivity index is 1.52. The largest absolute Gasteiger partial charge is 0.303 e. The van der Waals surface area contributed by atoms with Gasteiger partial charge in [0.05, 0.1) is 22.8 Å². The van der Waals surface area contributed by atoms with Gasteiger partial charge in [-0.05, 0) is 48.0 Å². The number of amides is 1. The Hall–Kier alpha value is -2.75. The van der Waals surface area contributed by atoms with E-state index in [1.165, 1.54) is 4.52 Å². The third kappa shape index (κ3) is 3.84. The molecule has 0 spiro atoms. The molecule has 0 saturated carbocycles. The van der Waals surface area contributed by atoms with Gasteiger partial charge in [0.1, 0.15) is 4.53 Å². The number of hydrogen-bond donors (Lipinski definition) is 0. The van der Waals surface area contributed by atoms with E-state index >= 15 is 0 Å². The van der Waals surface area contributed by atoms with Gasteiger partial charge in [-0.3, -0.25) is 9.59 Å². The monoisotopic (exact) mass is 616 g/mol. The second-order valence-corrected chi connectivity index (χ2v) is 11.2. The van der Waals surface area contributed by atoms with Gasteiger partial charge in [0.15, 0.2) is 5.82 Å². The van der Waals surface area contributed by atoms with Crippen LogP contribution in [0, 0.1) is 0 Å². The number of carbonyl (C=O) groups is 1. The third-order valence-corrected chi connectivity index (χ3v) is 8.26. The number of rotatable bonds is 3. The minimum absolute atomic E-state index is 0.268. The molecule has 1 amide bonds. The zero-order chi connectivity index (χ0) is 25.1. The summed E-state index contributed by atoms with van der Waals surface area (Å²) in [5, 5.41) is 5.80. The van der Waals surface area contributed by atoms with Crippen LogP contribution in [-0.2, 0) is 11.3 Å². The van der Waals surface area contributed by atoms with Crippen molar-refractivity contribution in [1.29, 1.82) is 0 Å². The van der Waals surface area contributed by atoms with Gasteiger partial charge < -0.3 is 4.90 Å². The Labute approximate surface area is 231 Å². The van der Waals surface area contributed by atoms with Crippen molar-refractivity contribution >= 4 is 84.2 Å². The lowest BCUT2D eigenvalue weighted by Gasteiger charge is -2.18. The van der Waals surface area contributed by atoms with Crippen LogP contribution in [0.1, 0.15) is 11.1 Å². The van der Waals surface area contributed by atoms with Gasteiger partial charge in [-0.1, -0.05) is 80.3 Å². The van der Waals surface area contributed by atoms with Crippen molar-refractivity contribution in [3.8, 4) is 11.4 Å². The van der Waals surface area contributed by atoms with E-state index < -0.39 is 5.56 Å². The maximum Gasteiger partial charge on any atom is 0.291 e. The molecule has 6 nitrogen and oxygen atoms in total. The van der Waals surface area contributed by atoms with E-state index in [1.54, 1.807) is 29.2 Å². The molecular weight excluding hydrogens is 607 g/mol. The predicted molar refractivity (Wildman–Crippen MR) is 147 cm³/mol. The number of hydrogen-bond acceptors (Lipinski definition) is 5. The van der Waals surface area contributed by atoms with Crippen LogP contribution < -0.4 is 15.0 Å². The molecule has 6 rings (SSSR count). The molecule has 3 aromatic carbocycles. The van der Waals surface area contributed by atoms with E-state index in [0.29, 0.717) is 48.2 Å². The van der Waals surface area contributed by atoms with Gasteiger partial charge in [-0.2, -0.15) is 9.50 Å². The Morgan fingerprint density at radius 2 is 1.72 bits per heavy atom. The number of nitrogens with zero attached hydrogens (tertiary/aromatic N) is 4. The first-order valence-corrected chi connectivity index (χ1v) is 13.3. The first-order chi connectivity index (χ1) is 17.3. The second kappa shape index (κ2) is 8.97. The number of thiazole rings is 1. The van der Waals surface area contributed by atoms with E-state index in [1.807, 2.05) is 36.4 Å². The van der Waals surface area contributed by atoms with E-state index in [-0.39, 0.29) is 17.0 Å². The molecule has 0 saturated heterocycles. The summed E-state index contributed by atoms with van der Waals surface area (Å²) in [5.74, 6) is 0.0170. The van der Waals surface area contributed by atoms with E-state index in [2.05, 4.69) is 26.0 Å². The average molecular weight is 619 g/mol. The quantitative estimate of drug-likeness (QED) is 0.249. The number of aromatic nitrogens is 3. The van der Waals surface area contributed by atoms with Crippen LogP contribution >= 0.6 is 62.1 Å². The molecule has 1 aliphatic heterocycles. The first kappa shape index (κ1) is 23.6. The normalized spacial score (nSPS) is 14.7. The molecule has 0 bridgehead atoms. The van der Waals surface area contributed by atoms with Gasteiger partial charge in [0.25, 0.3) is 11.5 Å². The first-order valence-electron chi connectivity index (χ1n) is 10.6. The molecular formula is C25H12BrCl3N4O2S. The average Bonchev–Trinajstić information content (AvgIpc) is 3.46. The van der Waals surface area contributed by atoms with E-state index in [9.17, 15) is 9.59 Å². The number of halogens is 4. The molecule has 0 N–H and O–H groups in total. The van der Waals surface area contributed by atoms with Crippen molar-refractivity contribution in [3.05, 3.63) is 106 Å². The van der Waals surface area contributed by atoms with Crippen molar-refractivity contribution in [2.75, 3.05) is 4.90 Å². The Morgan fingerprint density at radius 1 is 0.917 bits per heavy atom. The summed E-state index contributed by atoms with van der Waals surface area (Å²) in [6, 6.07) is 17.9. The van der Waals surface area contributed by atoms with E-state index in [4.69, 9.17) is 34.8 Å². The van der Waals surface area contributed by atoms with Crippen LogP contribution in [0.25, 0.3) is 21.9 Å². The molecule has 36 heavy (non-hydrogen) atoms. The molecule has 178 valence electrons. The Morgan fingerprint density at radius 3 is 2.47 bits per heavy atom. The third-order valence-electron chi connectivity index (χ3n) is 5.82. The lowest BCUT2D eigenvalue weighted by atomic mass is 10.1. The van der Waals surface area contributed by atoms with Crippen LogP contribution in [0.15, 0.2) is 69.9 Å². The molecule has 1 aliphatic rings. The lowest BCUT2D eigenvalue weighted by Crippen LogP contribution is -2.32. The van der Waals surface area contributed by atoms with Crippen molar-refractivity contribution < 1.29 is 4.79 Å². The molecule has 0 aliphatic carbocycles. The van der Waals surface area contributed by atoms with Gasteiger partial charge >= 0.3 is 0 Å². The number of benzene rings is 3. The van der Waals surface area contributed by atoms with Crippen molar-refractivity contribution in [2.24, 2.45) is 0 Å². The van der Waals surface area contributed by atoms with Crippen LogP contribution in [0.2, 0.25) is 15.1 Å². The molecule has 5 aromatic rings. The minimum atomic E-state index is -0.423. The fourth-order valence-electron chi connectivity index (χ4n) is 4.15. The molecule has 2 aromatic heterocycles. The molecule has 0 atom stereocenters. The van der Waals surface area contributed by atoms with Crippen LogP contribution in [0.4, 0.5) is 5.69 Å². The van der Waals surface area contributed by atoms with Crippen LogP contribution in [-0.4, -0.2) is 20.5 Å². The molecule has 0 fully saturated rings. The van der Waals surface area contributed by atoms with Crippen molar-refractivity contribution in [1.82, 2.24) is 14.6 Å². The fourth-order valence-corrected chi connectivity index (χ4v) is 6.19. The number of fused-ring (bicyclic) bond motifs is 2. The zero-order valence-electron chi connectivity index (χ0n) is 18.0. The predicted octanol–water partition coefficient (Wildman–Crippen LogP) is 6.01. The summed E-state index contributed by atoms with van der Waals surface area (Å²) in [7, 11) is 0. The number of anilines is 1. The van der Waals surface area contributed by atoms with Crippen LogP contribution in [0.5, 0.6) is 0 Å². The maximum atomic E-state index is 13.7. The second-order valence-electron chi connectivity index (χ2n) is 8.01. The highest BCUT2D eigenvalue weighted by Gasteiger charge is 2.35. The summed E-state index contributed by atoms with van der Waals surface area (Å²) in [6.07, 6.45) is 0. The minimum Gasteiger partial charge on any atom is -0.303 e. The van der Waals surface area contributed by atoms with Crippen LogP contribution in [0.3, 0.4) is 0 Å². The fraction of sp³-hybridized carbons (Fsp3) is 0.0400. The van der Waals surface area contributed by atoms with Gasteiger partial charge in [-0.15, -0.1) is 5.10 Å². The SMILES string of the molecule is O=C1C(=c2sc3nc(-c4ccc(Cl)cc4Cl)nn3c2=O)c2cc(Br)ccc2N1Cc1ccccc1Cl. The number of carbonyl (C=O) groups excluding carboxylic acids is 1. The molecule has 0 radical (unpaired) electrons. The molecule has 0 unspecified atom stereocenters.